The van der Waals surface area contributed by atoms with Gasteiger partial charge in [0, 0.05) is 73.0 Å². The van der Waals surface area contributed by atoms with Gasteiger partial charge in [-0.3, -0.25) is 0 Å². The highest BCUT2D eigenvalue weighted by Crippen LogP contribution is 2.38. The summed E-state index contributed by atoms with van der Waals surface area (Å²) >= 11 is 18.4. The number of nitrogens with zero attached hydrogens (tertiary/aromatic N) is 12. The van der Waals surface area contributed by atoms with Crippen molar-refractivity contribution in [2.24, 2.45) is 28.6 Å². The molecule has 7 N–H and O–H groups in total. The Bertz CT molecular complexity index is 3550. The number of aliphatic hydroxyl groups is 2. The Morgan fingerprint density at radius 1 is 0.500 bits per heavy atom. The van der Waals surface area contributed by atoms with E-state index in [-0.39, 0.29) is 18.5 Å². The number of nitrogens with one attached hydrogen (secondary N) is 3. The van der Waals surface area contributed by atoms with E-state index in [0.29, 0.717) is 50.9 Å². The van der Waals surface area contributed by atoms with Crippen LogP contribution < -0.4 is 21.7 Å². The number of halogens is 3. The van der Waals surface area contributed by atoms with Crippen molar-refractivity contribution in [3.8, 4) is 33.8 Å². The quantitative estimate of drug-likeness (QED) is 0.0359. The standard InChI is InChI=1S/C21H24ClN7.C21H26ClN5.C21H25ClN4O.CH4O.CH4/c1-21(2,27-28-23)15-6-8-17(9-7-15)25-19-10-11-20-24-13-18(29(20)26-19)14-4-3-5-16(22)12-14;1-21(2,23)15-6-8-17(9-7-15)25-19-10-11-20-24-13-18(27(20)26-19)14-4-3-5-16(22)12-14;1-21(2,27)15-6-8-17(9-7-15)24-19-10-11-20-23-13-18(26(20)25-19)14-4-3-5-16(22)12-14;1-2;/h3-5,10-13,15,17H,6-9H2,1-2H3,(H,25,26);3-5,10-13,15,17H,6-9,23H2,1-2H3,(H,25,26);3-5,10-13,15,17,27H,6-9H2,1-2H3,(H,24,25);2H,1H3;1H4. The molecule has 6 heterocycles. The number of hydrogen-bond acceptors (Lipinski definition) is 13. The molecule has 18 nitrogen and oxygen atoms in total. The number of imidazole rings is 3. The van der Waals surface area contributed by atoms with Gasteiger partial charge >= 0.3 is 0 Å². The third kappa shape index (κ3) is 16.3. The molecule has 3 aliphatic carbocycles. The molecule has 86 heavy (non-hydrogen) atoms. The summed E-state index contributed by atoms with van der Waals surface area (Å²) in [7, 11) is 1.00. The predicted octanol–water partition coefficient (Wildman–Crippen LogP) is 15.9. The summed E-state index contributed by atoms with van der Waals surface area (Å²) in [5.41, 5.74) is 22.2. The van der Waals surface area contributed by atoms with Crippen LogP contribution in [0.5, 0.6) is 0 Å². The van der Waals surface area contributed by atoms with Gasteiger partial charge in [-0.1, -0.05) is 97.6 Å². The largest absolute Gasteiger partial charge is 0.400 e. The van der Waals surface area contributed by atoms with Crippen LogP contribution in [-0.4, -0.2) is 95.9 Å². The summed E-state index contributed by atoms with van der Waals surface area (Å²) in [6.07, 6.45) is 18.3. The minimum Gasteiger partial charge on any atom is -0.400 e. The average molecular weight is 1230 g/mol. The van der Waals surface area contributed by atoms with E-state index in [2.05, 4.69) is 54.8 Å². The van der Waals surface area contributed by atoms with E-state index < -0.39 is 5.60 Å². The van der Waals surface area contributed by atoms with E-state index in [4.69, 9.17) is 66.5 Å². The molecule has 21 heteroatoms. The fourth-order valence-corrected chi connectivity index (χ4v) is 12.7. The molecule has 0 bridgehead atoms. The van der Waals surface area contributed by atoms with Crippen molar-refractivity contribution < 1.29 is 10.2 Å². The fourth-order valence-electron chi connectivity index (χ4n) is 12.1. The van der Waals surface area contributed by atoms with Crippen molar-refractivity contribution in [1.29, 1.82) is 0 Å². The molecule has 12 rings (SSSR count). The Hall–Kier alpha value is -7.02. The molecule has 3 saturated carbocycles. The van der Waals surface area contributed by atoms with Gasteiger partial charge in [0.05, 0.1) is 41.3 Å². The number of benzene rings is 3. The van der Waals surface area contributed by atoms with E-state index in [1.54, 1.807) is 0 Å². The lowest BCUT2D eigenvalue weighted by molar-refractivity contribution is -0.000411. The van der Waals surface area contributed by atoms with Gasteiger partial charge in [-0.25, -0.2) is 28.5 Å². The van der Waals surface area contributed by atoms with E-state index in [1.165, 1.54) is 0 Å². The molecule has 6 aromatic heterocycles. The Balaban J connectivity index is 0.000000164. The number of rotatable bonds is 13. The van der Waals surface area contributed by atoms with Gasteiger partial charge in [0.1, 0.15) is 17.5 Å². The van der Waals surface area contributed by atoms with Gasteiger partial charge in [0.25, 0.3) is 0 Å². The van der Waals surface area contributed by atoms with Crippen molar-refractivity contribution in [2.45, 2.75) is 161 Å². The highest BCUT2D eigenvalue weighted by atomic mass is 35.5. The number of anilines is 3. The molecule has 0 saturated heterocycles. The first-order valence-electron chi connectivity index (χ1n) is 29.4. The van der Waals surface area contributed by atoms with Gasteiger partial charge in [0.15, 0.2) is 16.9 Å². The second kappa shape index (κ2) is 28.7. The molecule has 9 aromatic rings. The van der Waals surface area contributed by atoms with Crippen molar-refractivity contribution in [1.82, 2.24) is 43.8 Å². The van der Waals surface area contributed by atoms with Crippen molar-refractivity contribution in [3.63, 3.8) is 0 Å². The molecular weight excluding hydrogens is 1140 g/mol. The minimum absolute atomic E-state index is 0. The van der Waals surface area contributed by atoms with Crippen LogP contribution >= 0.6 is 34.8 Å². The van der Waals surface area contributed by atoms with E-state index >= 15 is 0 Å². The normalized spacial score (nSPS) is 19.7. The maximum atomic E-state index is 10.2. The number of fused-ring (bicyclic) bond motifs is 3. The predicted molar refractivity (Wildman–Crippen MR) is 351 cm³/mol. The Kier molecular flexibility index (Phi) is 21.7. The number of hydrogen-bond donors (Lipinski definition) is 6. The molecule has 3 aromatic carbocycles. The molecule has 0 radical (unpaired) electrons. The lowest BCUT2D eigenvalue weighted by atomic mass is 9.75. The molecule has 3 aliphatic rings. The minimum atomic E-state index is -0.592. The second-order valence-electron chi connectivity index (χ2n) is 24.3. The molecule has 0 spiro atoms. The second-order valence-corrected chi connectivity index (χ2v) is 25.6. The van der Waals surface area contributed by atoms with Gasteiger partial charge in [-0.15, -0.1) is 15.3 Å². The average Bonchev–Trinajstić information content (AvgIpc) is 3.03. The summed E-state index contributed by atoms with van der Waals surface area (Å²) in [4.78, 5) is 16.4. The van der Waals surface area contributed by atoms with Crippen molar-refractivity contribution >= 4 is 69.2 Å². The zero-order valence-electron chi connectivity index (χ0n) is 49.5. The monoisotopic (exact) mass is 1220 g/mol. The van der Waals surface area contributed by atoms with Gasteiger partial charge < -0.3 is 31.9 Å². The third-order valence-corrected chi connectivity index (χ3v) is 17.7. The molecule has 0 unspecified atom stereocenters. The molecular formula is C65H83Cl3N16O2. The van der Waals surface area contributed by atoms with Crippen molar-refractivity contribution in [3.05, 3.63) is 153 Å². The van der Waals surface area contributed by atoms with E-state index in [9.17, 15) is 5.11 Å². The van der Waals surface area contributed by atoms with Crippen LogP contribution in [0.3, 0.4) is 0 Å². The zero-order chi connectivity index (χ0) is 60.5. The summed E-state index contributed by atoms with van der Waals surface area (Å²) in [5, 5.41) is 48.3. The van der Waals surface area contributed by atoms with Crippen LogP contribution in [0, 0.1) is 17.8 Å². The Morgan fingerprint density at radius 2 is 0.814 bits per heavy atom. The molecule has 0 aliphatic heterocycles. The highest BCUT2D eigenvalue weighted by molar-refractivity contribution is 6.31. The van der Waals surface area contributed by atoms with E-state index in [0.717, 1.165) is 152 Å². The lowest BCUT2D eigenvalue weighted by Gasteiger charge is -2.37. The Morgan fingerprint density at radius 3 is 1.10 bits per heavy atom. The highest BCUT2D eigenvalue weighted by Gasteiger charge is 2.34. The van der Waals surface area contributed by atoms with Crippen LogP contribution in [-0.2, 0) is 0 Å². The zero-order valence-corrected chi connectivity index (χ0v) is 51.8. The van der Waals surface area contributed by atoms with Gasteiger partial charge in [-0.05, 0) is 201 Å². The first-order valence-corrected chi connectivity index (χ1v) is 30.5. The molecule has 3 fully saturated rings. The maximum Gasteiger partial charge on any atom is 0.154 e. The van der Waals surface area contributed by atoms with Crippen LogP contribution in [0.25, 0.3) is 61.2 Å². The SMILES string of the molecule is C.CC(C)(N)C1CCC(Nc2ccc3ncc(-c4cccc(Cl)c4)n3n2)CC1.CC(C)(N=[N+]=[N-])C1CCC(Nc2ccc3ncc(-c4cccc(Cl)c4)n3n2)CC1.CC(C)(O)C1CCC(Nc2ccc3ncc(-c4cccc(Cl)c4)n3n2)CC1.CO. The summed E-state index contributed by atoms with van der Waals surface area (Å²) in [5.74, 6) is 3.92. The van der Waals surface area contributed by atoms with Crippen LogP contribution in [0.1, 0.15) is 126 Å². The summed E-state index contributed by atoms with van der Waals surface area (Å²) in [6, 6.07) is 36.3. The van der Waals surface area contributed by atoms with Crippen LogP contribution in [0.15, 0.2) is 133 Å². The molecule has 0 amide bonds. The lowest BCUT2D eigenvalue weighted by Crippen LogP contribution is -2.44. The van der Waals surface area contributed by atoms with Crippen LogP contribution in [0.2, 0.25) is 15.1 Å². The summed E-state index contributed by atoms with van der Waals surface area (Å²) < 4.78 is 5.59. The third-order valence-electron chi connectivity index (χ3n) is 17.0. The molecule has 0 atom stereocenters. The van der Waals surface area contributed by atoms with Crippen LogP contribution in [0.4, 0.5) is 17.5 Å². The first-order chi connectivity index (χ1) is 40.8. The van der Waals surface area contributed by atoms with Gasteiger partial charge in [0.2, 0.25) is 0 Å². The molecule has 456 valence electrons. The van der Waals surface area contributed by atoms with Crippen molar-refractivity contribution in [2.75, 3.05) is 23.1 Å². The topological polar surface area (TPSA) is 242 Å². The smallest absolute Gasteiger partial charge is 0.154 e. The fraction of sp³-hybridized carbons (Fsp3) is 0.446. The number of aliphatic hydroxyl groups excluding tert-OH is 1. The maximum absolute atomic E-state index is 10.2. The number of aromatic nitrogens is 9. The van der Waals surface area contributed by atoms with E-state index in [1.807, 2.05) is 169 Å². The van der Waals surface area contributed by atoms with Gasteiger partial charge in [-0.2, -0.15) is 0 Å². The summed E-state index contributed by atoms with van der Waals surface area (Å²) in [6.45, 7) is 12.2. The first kappa shape index (κ1) is 65.0. The number of nitrogens with two attached hydrogens (primary N) is 1. The number of azide groups is 1. The Labute approximate surface area is 520 Å².